The lowest BCUT2D eigenvalue weighted by atomic mass is 9.91. The number of hydrogen-bond acceptors (Lipinski definition) is 4. The van der Waals surface area contributed by atoms with Crippen LogP contribution in [0.3, 0.4) is 0 Å². The molecule has 104 valence electrons. The topological polar surface area (TPSA) is 79.5 Å². The maximum absolute atomic E-state index is 11.8. The Morgan fingerprint density at radius 1 is 1.33 bits per heavy atom. The van der Waals surface area contributed by atoms with Gasteiger partial charge in [-0.25, -0.2) is 0 Å². The number of carbonyl (C=O) groups excluding carboxylic acids is 2. The van der Waals surface area contributed by atoms with Crippen LogP contribution in [0.1, 0.15) is 13.3 Å². The molecule has 1 rings (SSSR count). The Morgan fingerprint density at radius 2 is 2.11 bits per heavy atom. The first-order chi connectivity index (χ1) is 8.63. The highest BCUT2D eigenvalue weighted by atomic mass is 16.5. The average molecular weight is 257 g/mol. The molecule has 0 aromatic rings. The standard InChI is InChI=1S/C12H23N3O3/c1-9-5-10(7-13-6-9)12(17)15-8-11(16)14-3-4-18-2/h9-10,13H,3-8H2,1-2H3,(H,14,16)(H,15,17). The molecule has 2 amide bonds. The number of rotatable bonds is 6. The second-order valence-electron chi connectivity index (χ2n) is 4.76. The van der Waals surface area contributed by atoms with Gasteiger partial charge in [-0.15, -0.1) is 0 Å². The highest BCUT2D eigenvalue weighted by Gasteiger charge is 2.24. The number of hydrogen-bond donors (Lipinski definition) is 3. The van der Waals surface area contributed by atoms with E-state index in [0.29, 0.717) is 25.6 Å². The molecule has 1 saturated heterocycles. The van der Waals surface area contributed by atoms with Gasteiger partial charge >= 0.3 is 0 Å². The molecule has 6 heteroatoms. The summed E-state index contributed by atoms with van der Waals surface area (Å²) in [7, 11) is 1.57. The molecule has 0 saturated carbocycles. The van der Waals surface area contributed by atoms with Gasteiger partial charge in [-0.3, -0.25) is 9.59 Å². The van der Waals surface area contributed by atoms with Crippen LogP contribution in [0.5, 0.6) is 0 Å². The summed E-state index contributed by atoms with van der Waals surface area (Å²) in [6.45, 7) is 4.75. The van der Waals surface area contributed by atoms with Crippen LogP contribution in [0.2, 0.25) is 0 Å². The number of amides is 2. The van der Waals surface area contributed by atoms with E-state index in [-0.39, 0.29) is 24.3 Å². The van der Waals surface area contributed by atoms with Crippen molar-refractivity contribution in [3.05, 3.63) is 0 Å². The quantitative estimate of drug-likeness (QED) is 0.539. The molecule has 1 aliphatic rings. The van der Waals surface area contributed by atoms with Crippen LogP contribution in [-0.2, 0) is 14.3 Å². The summed E-state index contributed by atoms with van der Waals surface area (Å²) in [5.41, 5.74) is 0. The zero-order valence-corrected chi connectivity index (χ0v) is 11.1. The predicted molar refractivity (Wildman–Crippen MR) is 68.0 cm³/mol. The highest BCUT2D eigenvalue weighted by Crippen LogP contribution is 2.15. The van der Waals surface area contributed by atoms with Crippen molar-refractivity contribution in [1.29, 1.82) is 0 Å². The van der Waals surface area contributed by atoms with E-state index >= 15 is 0 Å². The van der Waals surface area contributed by atoms with Crippen molar-refractivity contribution in [2.45, 2.75) is 13.3 Å². The van der Waals surface area contributed by atoms with Crippen molar-refractivity contribution in [3.8, 4) is 0 Å². The molecule has 1 fully saturated rings. The lowest BCUT2D eigenvalue weighted by Gasteiger charge is -2.26. The highest BCUT2D eigenvalue weighted by molar-refractivity contribution is 5.85. The van der Waals surface area contributed by atoms with Crippen LogP contribution < -0.4 is 16.0 Å². The Balaban J connectivity index is 2.17. The molecule has 18 heavy (non-hydrogen) atoms. The van der Waals surface area contributed by atoms with Crippen molar-refractivity contribution in [3.63, 3.8) is 0 Å². The molecule has 0 radical (unpaired) electrons. The van der Waals surface area contributed by atoms with E-state index in [1.54, 1.807) is 7.11 Å². The van der Waals surface area contributed by atoms with Gasteiger partial charge in [-0.1, -0.05) is 6.92 Å². The second-order valence-corrected chi connectivity index (χ2v) is 4.76. The lowest BCUT2D eigenvalue weighted by molar-refractivity contribution is -0.129. The Bertz CT molecular complexity index is 284. The van der Waals surface area contributed by atoms with Crippen molar-refractivity contribution in [2.75, 3.05) is 39.9 Å². The lowest BCUT2D eigenvalue weighted by Crippen LogP contribution is -2.46. The molecule has 3 N–H and O–H groups in total. The zero-order valence-electron chi connectivity index (χ0n) is 11.1. The van der Waals surface area contributed by atoms with Gasteiger partial charge in [0.2, 0.25) is 11.8 Å². The molecular formula is C12H23N3O3. The van der Waals surface area contributed by atoms with E-state index in [2.05, 4.69) is 22.9 Å². The summed E-state index contributed by atoms with van der Waals surface area (Å²) in [5, 5.41) is 8.54. The van der Waals surface area contributed by atoms with E-state index in [4.69, 9.17) is 4.74 Å². The molecule has 0 aromatic heterocycles. The zero-order chi connectivity index (χ0) is 13.4. The smallest absolute Gasteiger partial charge is 0.239 e. The Kier molecular flexibility index (Phi) is 6.67. The molecule has 6 nitrogen and oxygen atoms in total. The fourth-order valence-electron chi connectivity index (χ4n) is 2.02. The van der Waals surface area contributed by atoms with Crippen LogP contribution >= 0.6 is 0 Å². The minimum absolute atomic E-state index is 0.0273. The van der Waals surface area contributed by atoms with Gasteiger partial charge in [0.25, 0.3) is 0 Å². The molecule has 0 aromatic carbocycles. The summed E-state index contributed by atoms with van der Waals surface area (Å²) in [4.78, 5) is 23.2. The summed E-state index contributed by atoms with van der Waals surface area (Å²) >= 11 is 0. The number of nitrogens with one attached hydrogen (secondary N) is 3. The fourth-order valence-corrected chi connectivity index (χ4v) is 2.02. The molecule has 2 atom stereocenters. The van der Waals surface area contributed by atoms with Crippen LogP contribution in [-0.4, -0.2) is 51.7 Å². The van der Waals surface area contributed by atoms with Crippen molar-refractivity contribution < 1.29 is 14.3 Å². The van der Waals surface area contributed by atoms with Gasteiger partial charge in [0, 0.05) is 20.2 Å². The summed E-state index contributed by atoms with van der Waals surface area (Å²) in [5.74, 6) is 0.249. The van der Waals surface area contributed by atoms with Crippen molar-refractivity contribution >= 4 is 11.8 Å². The first-order valence-corrected chi connectivity index (χ1v) is 6.37. The average Bonchev–Trinajstić information content (AvgIpc) is 2.36. The molecule has 0 spiro atoms. The molecule has 2 unspecified atom stereocenters. The van der Waals surface area contributed by atoms with E-state index in [1.165, 1.54) is 0 Å². The largest absolute Gasteiger partial charge is 0.383 e. The SMILES string of the molecule is COCCNC(=O)CNC(=O)C1CNCC(C)C1. The third-order valence-corrected chi connectivity index (χ3v) is 2.99. The van der Waals surface area contributed by atoms with Gasteiger partial charge in [-0.05, 0) is 18.9 Å². The van der Waals surface area contributed by atoms with Crippen molar-refractivity contribution in [2.24, 2.45) is 11.8 Å². The summed E-state index contributed by atoms with van der Waals surface area (Å²) in [6, 6.07) is 0. The maximum Gasteiger partial charge on any atom is 0.239 e. The molecular weight excluding hydrogens is 234 g/mol. The summed E-state index contributed by atoms with van der Waals surface area (Å²) in [6.07, 6.45) is 0.879. The first-order valence-electron chi connectivity index (χ1n) is 6.37. The van der Waals surface area contributed by atoms with E-state index < -0.39 is 0 Å². The van der Waals surface area contributed by atoms with Crippen LogP contribution in [0, 0.1) is 11.8 Å². The number of methoxy groups -OCH3 is 1. The van der Waals surface area contributed by atoms with Crippen LogP contribution in [0.4, 0.5) is 0 Å². The van der Waals surface area contributed by atoms with Gasteiger partial charge in [-0.2, -0.15) is 0 Å². The van der Waals surface area contributed by atoms with E-state index in [9.17, 15) is 9.59 Å². The third-order valence-electron chi connectivity index (χ3n) is 2.99. The van der Waals surface area contributed by atoms with E-state index in [1.807, 2.05) is 0 Å². The van der Waals surface area contributed by atoms with Gasteiger partial charge < -0.3 is 20.7 Å². The third kappa shape index (κ3) is 5.46. The van der Waals surface area contributed by atoms with Gasteiger partial charge in [0.1, 0.15) is 0 Å². The minimum atomic E-state index is -0.183. The Morgan fingerprint density at radius 3 is 2.78 bits per heavy atom. The second kappa shape index (κ2) is 8.05. The summed E-state index contributed by atoms with van der Waals surface area (Å²) < 4.78 is 4.81. The van der Waals surface area contributed by atoms with Gasteiger partial charge in [0.05, 0.1) is 19.1 Å². The van der Waals surface area contributed by atoms with Crippen molar-refractivity contribution in [1.82, 2.24) is 16.0 Å². The monoisotopic (exact) mass is 257 g/mol. The predicted octanol–water partition coefficient (Wildman–Crippen LogP) is -0.889. The first kappa shape index (κ1) is 14.9. The normalized spacial score (nSPS) is 23.4. The van der Waals surface area contributed by atoms with Crippen LogP contribution in [0.15, 0.2) is 0 Å². The van der Waals surface area contributed by atoms with Crippen LogP contribution in [0.25, 0.3) is 0 Å². The van der Waals surface area contributed by atoms with Gasteiger partial charge in [0.15, 0.2) is 0 Å². The fraction of sp³-hybridized carbons (Fsp3) is 0.833. The Hall–Kier alpha value is -1.14. The molecule has 1 aliphatic heterocycles. The molecule has 0 bridgehead atoms. The number of ether oxygens (including phenoxy) is 1. The molecule has 1 heterocycles. The number of carbonyl (C=O) groups is 2. The number of piperidine rings is 1. The molecule has 0 aliphatic carbocycles. The van der Waals surface area contributed by atoms with E-state index in [0.717, 1.165) is 13.0 Å². The maximum atomic E-state index is 11.8. The Labute approximate surface area is 108 Å². The minimum Gasteiger partial charge on any atom is -0.383 e.